The topological polar surface area (TPSA) is 66.9 Å². The quantitative estimate of drug-likeness (QED) is 0.803. The molecule has 2 rings (SSSR count). The van der Waals surface area contributed by atoms with E-state index in [1.54, 1.807) is 12.0 Å². The number of nitrogens with zero attached hydrogens (tertiary/aromatic N) is 2. The van der Waals surface area contributed by atoms with Crippen molar-refractivity contribution in [2.45, 2.75) is 26.2 Å². The summed E-state index contributed by atoms with van der Waals surface area (Å²) in [6.45, 7) is 5.79. The zero-order valence-corrected chi connectivity index (χ0v) is 15.6. The van der Waals surface area contributed by atoms with Crippen LogP contribution in [0, 0.1) is 0 Å². The highest BCUT2D eigenvalue weighted by molar-refractivity contribution is 7.88. The highest BCUT2D eigenvalue weighted by Gasteiger charge is 2.26. The molecule has 0 bridgehead atoms. The minimum atomic E-state index is -3.18. The third-order valence-corrected chi connectivity index (χ3v) is 5.68. The monoisotopic (exact) mass is 354 g/mol. The number of ether oxygens (including phenoxy) is 1. The van der Waals surface area contributed by atoms with Gasteiger partial charge in [-0.25, -0.2) is 8.42 Å². The molecule has 1 aliphatic rings. The molecule has 7 heteroatoms. The summed E-state index contributed by atoms with van der Waals surface area (Å²) in [4.78, 5) is 14.2. The standard InChI is InChI=1S/C17H26N2O4S/c1-13(2)14-5-6-15(16(11-14)23-3)12-17(20)18-7-9-19(10-8-18)24(4,21)22/h5-6,11,13H,7-10,12H2,1-4H3. The number of rotatable bonds is 5. The molecule has 1 aromatic carbocycles. The van der Waals surface area contributed by atoms with Gasteiger partial charge in [-0.1, -0.05) is 26.0 Å². The average Bonchev–Trinajstić information content (AvgIpc) is 2.54. The Hall–Kier alpha value is -1.60. The van der Waals surface area contributed by atoms with Crippen molar-refractivity contribution in [1.82, 2.24) is 9.21 Å². The lowest BCUT2D eigenvalue weighted by Crippen LogP contribution is -2.50. The first kappa shape index (κ1) is 18.7. The second-order valence-electron chi connectivity index (χ2n) is 6.45. The number of piperazine rings is 1. The maximum atomic E-state index is 12.5. The van der Waals surface area contributed by atoms with Gasteiger partial charge in [-0.05, 0) is 17.5 Å². The van der Waals surface area contributed by atoms with Crippen LogP contribution in [0.15, 0.2) is 18.2 Å². The van der Waals surface area contributed by atoms with Crippen LogP contribution >= 0.6 is 0 Å². The lowest BCUT2D eigenvalue weighted by molar-refractivity contribution is -0.131. The molecule has 0 atom stereocenters. The Morgan fingerprint density at radius 1 is 1.21 bits per heavy atom. The van der Waals surface area contributed by atoms with E-state index in [9.17, 15) is 13.2 Å². The van der Waals surface area contributed by atoms with Gasteiger partial charge < -0.3 is 9.64 Å². The van der Waals surface area contributed by atoms with Gasteiger partial charge in [-0.2, -0.15) is 4.31 Å². The lowest BCUT2D eigenvalue weighted by atomic mass is 9.99. The zero-order valence-electron chi connectivity index (χ0n) is 14.8. The summed E-state index contributed by atoms with van der Waals surface area (Å²) in [5.74, 6) is 1.12. The summed E-state index contributed by atoms with van der Waals surface area (Å²) in [5.41, 5.74) is 2.03. The van der Waals surface area contributed by atoms with Gasteiger partial charge in [0, 0.05) is 31.7 Å². The molecule has 0 radical (unpaired) electrons. The number of benzene rings is 1. The summed E-state index contributed by atoms with van der Waals surface area (Å²) in [6.07, 6.45) is 1.46. The highest BCUT2D eigenvalue weighted by Crippen LogP contribution is 2.25. The van der Waals surface area contributed by atoms with Crippen molar-refractivity contribution in [1.29, 1.82) is 0 Å². The Morgan fingerprint density at radius 2 is 1.83 bits per heavy atom. The SMILES string of the molecule is COc1cc(C(C)C)ccc1CC(=O)N1CCN(S(C)(=O)=O)CC1. The summed E-state index contributed by atoms with van der Waals surface area (Å²) in [7, 11) is -1.57. The number of carbonyl (C=O) groups is 1. The molecule has 0 N–H and O–H groups in total. The van der Waals surface area contributed by atoms with E-state index in [1.165, 1.54) is 16.1 Å². The maximum absolute atomic E-state index is 12.5. The molecule has 24 heavy (non-hydrogen) atoms. The summed E-state index contributed by atoms with van der Waals surface area (Å²) >= 11 is 0. The van der Waals surface area contributed by atoms with E-state index in [0.29, 0.717) is 32.1 Å². The van der Waals surface area contributed by atoms with Crippen LogP contribution in [0.25, 0.3) is 0 Å². The maximum Gasteiger partial charge on any atom is 0.227 e. The molecule has 0 saturated carbocycles. The van der Waals surface area contributed by atoms with Crippen LogP contribution in [-0.2, 0) is 21.2 Å². The molecule has 1 amide bonds. The van der Waals surface area contributed by atoms with E-state index in [1.807, 2.05) is 18.2 Å². The van der Waals surface area contributed by atoms with Crippen molar-refractivity contribution >= 4 is 15.9 Å². The van der Waals surface area contributed by atoms with Crippen LogP contribution in [0.5, 0.6) is 5.75 Å². The second kappa shape index (κ2) is 7.53. The number of methoxy groups -OCH3 is 1. The molecule has 1 heterocycles. The van der Waals surface area contributed by atoms with Gasteiger partial charge in [0.2, 0.25) is 15.9 Å². The first-order valence-electron chi connectivity index (χ1n) is 8.12. The van der Waals surface area contributed by atoms with E-state index in [-0.39, 0.29) is 12.3 Å². The van der Waals surface area contributed by atoms with Gasteiger partial charge >= 0.3 is 0 Å². The molecule has 1 aromatic rings. The number of hydrogen-bond acceptors (Lipinski definition) is 4. The third-order valence-electron chi connectivity index (χ3n) is 4.38. The normalized spacial score (nSPS) is 16.5. The van der Waals surface area contributed by atoms with Crippen molar-refractivity contribution in [3.8, 4) is 5.75 Å². The van der Waals surface area contributed by atoms with Crippen LogP contribution in [-0.4, -0.2) is 63.1 Å². The molecule has 1 saturated heterocycles. The van der Waals surface area contributed by atoms with Crippen LogP contribution in [0.4, 0.5) is 0 Å². The fourth-order valence-electron chi connectivity index (χ4n) is 2.81. The Bertz CT molecular complexity index is 693. The Balaban J connectivity index is 2.03. The smallest absolute Gasteiger partial charge is 0.227 e. The zero-order chi connectivity index (χ0) is 17.9. The first-order valence-corrected chi connectivity index (χ1v) is 9.97. The predicted molar refractivity (Wildman–Crippen MR) is 93.8 cm³/mol. The number of hydrogen-bond donors (Lipinski definition) is 0. The van der Waals surface area contributed by atoms with E-state index in [2.05, 4.69) is 13.8 Å². The van der Waals surface area contributed by atoms with Gasteiger partial charge in [-0.15, -0.1) is 0 Å². The van der Waals surface area contributed by atoms with Gasteiger partial charge in [-0.3, -0.25) is 4.79 Å². The molecule has 6 nitrogen and oxygen atoms in total. The van der Waals surface area contributed by atoms with Gasteiger partial charge in [0.05, 0.1) is 19.8 Å². The Labute approximate surface area is 144 Å². The van der Waals surface area contributed by atoms with Crippen molar-refractivity contribution in [2.24, 2.45) is 0 Å². The Kier molecular flexibility index (Phi) is 5.87. The van der Waals surface area contributed by atoms with Gasteiger partial charge in [0.25, 0.3) is 0 Å². The van der Waals surface area contributed by atoms with Crippen LogP contribution in [0.3, 0.4) is 0 Å². The first-order chi connectivity index (χ1) is 11.2. The lowest BCUT2D eigenvalue weighted by Gasteiger charge is -2.33. The third kappa shape index (κ3) is 4.48. The molecule has 1 fully saturated rings. The number of carbonyl (C=O) groups excluding carboxylic acids is 1. The molecule has 0 unspecified atom stereocenters. The predicted octanol–water partition coefficient (Wildman–Crippen LogP) is 1.46. The van der Waals surface area contributed by atoms with E-state index in [0.717, 1.165) is 11.3 Å². The van der Waals surface area contributed by atoms with Gasteiger partial charge in [0.1, 0.15) is 5.75 Å². The minimum absolute atomic E-state index is 0.00116. The molecule has 0 aromatic heterocycles. The van der Waals surface area contributed by atoms with E-state index in [4.69, 9.17) is 4.74 Å². The van der Waals surface area contributed by atoms with Crippen LogP contribution < -0.4 is 4.74 Å². The summed E-state index contributed by atoms with van der Waals surface area (Å²) in [5, 5.41) is 0. The van der Waals surface area contributed by atoms with Crippen molar-refractivity contribution in [3.63, 3.8) is 0 Å². The van der Waals surface area contributed by atoms with Crippen LogP contribution in [0.1, 0.15) is 30.9 Å². The summed E-state index contributed by atoms with van der Waals surface area (Å²) < 4.78 is 29.9. The van der Waals surface area contributed by atoms with Crippen LogP contribution in [0.2, 0.25) is 0 Å². The van der Waals surface area contributed by atoms with E-state index < -0.39 is 10.0 Å². The van der Waals surface area contributed by atoms with Crippen molar-refractivity contribution in [2.75, 3.05) is 39.5 Å². The van der Waals surface area contributed by atoms with Crippen molar-refractivity contribution < 1.29 is 17.9 Å². The summed E-state index contributed by atoms with van der Waals surface area (Å²) in [6, 6.07) is 5.95. The Morgan fingerprint density at radius 3 is 2.33 bits per heavy atom. The molecule has 0 aliphatic carbocycles. The molecule has 1 aliphatic heterocycles. The highest BCUT2D eigenvalue weighted by atomic mass is 32.2. The molecule has 0 spiro atoms. The van der Waals surface area contributed by atoms with E-state index >= 15 is 0 Å². The van der Waals surface area contributed by atoms with Gasteiger partial charge in [0.15, 0.2) is 0 Å². The number of sulfonamides is 1. The molecule has 134 valence electrons. The second-order valence-corrected chi connectivity index (χ2v) is 8.43. The number of amides is 1. The minimum Gasteiger partial charge on any atom is -0.496 e. The molecular weight excluding hydrogens is 328 g/mol. The fraction of sp³-hybridized carbons (Fsp3) is 0.588. The largest absolute Gasteiger partial charge is 0.496 e. The average molecular weight is 354 g/mol. The molecular formula is C17H26N2O4S. The van der Waals surface area contributed by atoms with Crippen molar-refractivity contribution in [3.05, 3.63) is 29.3 Å². The fourth-order valence-corrected chi connectivity index (χ4v) is 3.64.